The van der Waals surface area contributed by atoms with Crippen LogP contribution in [0, 0.1) is 6.92 Å². The van der Waals surface area contributed by atoms with E-state index >= 15 is 0 Å². The van der Waals surface area contributed by atoms with Crippen LogP contribution in [-0.4, -0.2) is 21.7 Å². The summed E-state index contributed by atoms with van der Waals surface area (Å²) in [5, 5.41) is 6.03. The Morgan fingerprint density at radius 2 is 2.29 bits per heavy atom. The number of rotatable bonds is 2. The van der Waals surface area contributed by atoms with Crippen molar-refractivity contribution in [3.8, 4) is 0 Å². The Morgan fingerprint density at radius 1 is 1.64 bits per heavy atom. The van der Waals surface area contributed by atoms with E-state index in [1.807, 2.05) is 12.2 Å². The fraction of sp³-hybridized carbons (Fsp3) is 0.375. The van der Waals surface area contributed by atoms with Gasteiger partial charge in [-0.15, -0.1) is 0 Å². The Hall–Kier alpha value is -1.85. The van der Waals surface area contributed by atoms with Gasteiger partial charge in [-0.05, 0) is 19.9 Å². The maximum Gasteiger partial charge on any atom is 0.318 e. The highest BCUT2D eigenvalue weighted by molar-refractivity contribution is 5.95. The lowest BCUT2D eigenvalue weighted by Gasteiger charge is -2.10. The van der Waals surface area contributed by atoms with E-state index in [0.29, 0.717) is 0 Å². The topological polar surface area (TPSA) is 90.0 Å². The lowest BCUT2D eigenvalue weighted by atomic mass is 10.3. The smallest absolute Gasteiger partial charge is 0.318 e. The van der Waals surface area contributed by atoms with E-state index in [9.17, 15) is 9.59 Å². The largest absolute Gasteiger partial charge is 0.351 e. The van der Waals surface area contributed by atoms with Crippen molar-refractivity contribution in [2.24, 2.45) is 5.73 Å². The third kappa shape index (κ3) is 2.32. The first-order valence-electron chi connectivity index (χ1n) is 4.12. The van der Waals surface area contributed by atoms with Crippen LogP contribution in [0.15, 0.2) is 12.3 Å². The van der Waals surface area contributed by atoms with E-state index in [1.54, 1.807) is 19.2 Å². The van der Waals surface area contributed by atoms with Crippen molar-refractivity contribution in [2.45, 2.75) is 19.9 Å². The third-order valence-corrected chi connectivity index (χ3v) is 1.76. The second-order valence-corrected chi connectivity index (χ2v) is 2.97. The molecule has 1 atom stereocenters. The van der Waals surface area contributed by atoms with Gasteiger partial charge in [0, 0.05) is 6.20 Å². The molecule has 0 saturated carbocycles. The van der Waals surface area contributed by atoms with Crippen LogP contribution in [0.2, 0.25) is 0 Å². The highest BCUT2D eigenvalue weighted by Gasteiger charge is 2.16. The number of nitrogens with two attached hydrogens (primary N) is 1. The Bertz CT molecular complexity index is 358. The van der Waals surface area contributed by atoms with Gasteiger partial charge in [-0.2, -0.15) is 5.10 Å². The van der Waals surface area contributed by atoms with Crippen molar-refractivity contribution in [3.05, 3.63) is 18.0 Å². The summed E-state index contributed by atoms with van der Waals surface area (Å²) in [6, 6.07) is 0.371. The van der Waals surface area contributed by atoms with Gasteiger partial charge in [0.15, 0.2) is 0 Å². The van der Waals surface area contributed by atoms with Crippen molar-refractivity contribution < 1.29 is 9.59 Å². The highest BCUT2D eigenvalue weighted by atomic mass is 16.2. The number of imide groups is 1. The molecule has 14 heavy (non-hydrogen) atoms. The minimum Gasteiger partial charge on any atom is -0.351 e. The molecule has 1 aromatic rings. The molecule has 1 rings (SSSR count). The fourth-order valence-corrected chi connectivity index (χ4v) is 0.995. The van der Waals surface area contributed by atoms with Crippen LogP contribution in [0.3, 0.4) is 0 Å². The summed E-state index contributed by atoms with van der Waals surface area (Å²) >= 11 is 0. The Labute approximate surface area is 81.1 Å². The summed E-state index contributed by atoms with van der Waals surface area (Å²) in [6.45, 7) is 3.44. The summed E-state index contributed by atoms with van der Waals surface area (Å²) in [4.78, 5) is 21.7. The number of nitrogens with zero attached hydrogens (tertiary/aromatic N) is 2. The van der Waals surface area contributed by atoms with Crippen molar-refractivity contribution in [2.75, 3.05) is 0 Å². The van der Waals surface area contributed by atoms with Crippen LogP contribution in [-0.2, 0) is 4.79 Å². The first-order valence-corrected chi connectivity index (χ1v) is 4.12. The zero-order chi connectivity index (χ0) is 10.7. The van der Waals surface area contributed by atoms with E-state index < -0.39 is 18.0 Å². The Morgan fingerprint density at radius 3 is 2.71 bits per heavy atom. The molecule has 0 aromatic carbocycles. The molecule has 0 aliphatic rings. The SMILES string of the molecule is Cc1ccn(C(C)C(=O)NC(N)=O)n1. The molecule has 1 aromatic heterocycles. The van der Waals surface area contributed by atoms with Gasteiger partial charge < -0.3 is 5.73 Å². The number of primary amides is 1. The quantitative estimate of drug-likeness (QED) is 0.694. The molecule has 0 fully saturated rings. The maximum atomic E-state index is 11.3. The second-order valence-electron chi connectivity index (χ2n) is 2.97. The molecule has 0 aliphatic carbocycles. The molecular formula is C8H12N4O2. The van der Waals surface area contributed by atoms with Gasteiger partial charge in [0.2, 0.25) is 0 Å². The molecule has 3 N–H and O–H groups in total. The maximum absolute atomic E-state index is 11.3. The van der Waals surface area contributed by atoms with E-state index in [2.05, 4.69) is 5.10 Å². The predicted octanol–water partition coefficient (Wildman–Crippen LogP) is -0.0526. The fourth-order valence-electron chi connectivity index (χ4n) is 0.995. The molecule has 0 aliphatic heterocycles. The van der Waals surface area contributed by atoms with Gasteiger partial charge in [-0.25, -0.2) is 4.79 Å². The van der Waals surface area contributed by atoms with Gasteiger partial charge in [0.25, 0.3) is 5.91 Å². The van der Waals surface area contributed by atoms with E-state index in [4.69, 9.17) is 5.73 Å². The molecule has 3 amide bonds. The van der Waals surface area contributed by atoms with E-state index in [-0.39, 0.29) is 0 Å². The standard InChI is InChI=1S/C8H12N4O2/c1-5-3-4-12(11-5)6(2)7(13)10-8(9)14/h3-4,6H,1-2H3,(H3,9,10,13,14). The summed E-state index contributed by atoms with van der Waals surface area (Å²) < 4.78 is 1.47. The first-order chi connectivity index (χ1) is 6.50. The van der Waals surface area contributed by atoms with Crippen molar-refractivity contribution in [1.82, 2.24) is 15.1 Å². The second kappa shape index (κ2) is 3.91. The number of carbonyl (C=O) groups excluding carboxylic acids is 2. The van der Waals surface area contributed by atoms with Crippen LogP contribution < -0.4 is 11.1 Å². The monoisotopic (exact) mass is 196 g/mol. The van der Waals surface area contributed by atoms with Crippen LogP contribution in [0.5, 0.6) is 0 Å². The number of aromatic nitrogens is 2. The van der Waals surface area contributed by atoms with Crippen molar-refractivity contribution >= 4 is 11.9 Å². The minimum atomic E-state index is -0.856. The molecule has 1 unspecified atom stereocenters. The van der Waals surface area contributed by atoms with Crippen molar-refractivity contribution in [3.63, 3.8) is 0 Å². The summed E-state index contributed by atoms with van der Waals surface area (Å²) in [5.41, 5.74) is 5.62. The molecule has 76 valence electrons. The molecule has 6 heteroatoms. The average molecular weight is 196 g/mol. The van der Waals surface area contributed by atoms with Gasteiger partial charge in [0.1, 0.15) is 6.04 Å². The summed E-state index contributed by atoms with van der Waals surface area (Å²) in [5.74, 6) is -0.472. The molecule has 0 spiro atoms. The summed E-state index contributed by atoms with van der Waals surface area (Å²) in [7, 11) is 0. The van der Waals surface area contributed by atoms with Gasteiger partial charge >= 0.3 is 6.03 Å². The van der Waals surface area contributed by atoms with Gasteiger partial charge in [-0.3, -0.25) is 14.8 Å². The normalized spacial score (nSPS) is 12.1. The number of hydrogen-bond donors (Lipinski definition) is 2. The van der Waals surface area contributed by atoms with Gasteiger partial charge in [0.05, 0.1) is 5.69 Å². The molecule has 1 heterocycles. The number of urea groups is 1. The molecule has 6 nitrogen and oxygen atoms in total. The lowest BCUT2D eigenvalue weighted by Crippen LogP contribution is -2.39. The Kier molecular flexibility index (Phi) is 2.85. The average Bonchev–Trinajstić information content (AvgIpc) is 2.49. The Balaban J connectivity index is 2.70. The van der Waals surface area contributed by atoms with Gasteiger partial charge in [-0.1, -0.05) is 0 Å². The number of amides is 3. The number of carbonyl (C=O) groups is 2. The third-order valence-electron chi connectivity index (χ3n) is 1.76. The minimum absolute atomic E-state index is 0.472. The zero-order valence-electron chi connectivity index (χ0n) is 8.02. The zero-order valence-corrected chi connectivity index (χ0v) is 8.02. The molecule has 0 bridgehead atoms. The molecule has 0 radical (unpaired) electrons. The van der Waals surface area contributed by atoms with Crippen LogP contribution in [0.4, 0.5) is 4.79 Å². The van der Waals surface area contributed by atoms with Crippen LogP contribution >= 0.6 is 0 Å². The van der Waals surface area contributed by atoms with Crippen LogP contribution in [0.1, 0.15) is 18.7 Å². The summed E-state index contributed by atoms with van der Waals surface area (Å²) in [6.07, 6.45) is 1.67. The molecule has 0 saturated heterocycles. The number of nitrogens with one attached hydrogen (secondary N) is 1. The highest BCUT2D eigenvalue weighted by Crippen LogP contribution is 2.04. The van der Waals surface area contributed by atoms with Crippen LogP contribution in [0.25, 0.3) is 0 Å². The number of aryl methyl sites for hydroxylation is 1. The predicted molar refractivity (Wildman–Crippen MR) is 49.4 cm³/mol. The van der Waals surface area contributed by atoms with E-state index in [0.717, 1.165) is 5.69 Å². The molecular weight excluding hydrogens is 184 g/mol. The first kappa shape index (κ1) is 10.2. The number of hydrogen-bond acceptors (Lipinski definition) is 3. The lowest BCUT2D eigenvalue weighted by molar-refractivity contribution is -0.122. The van der Waals surface area contributed by atoms with Crippen molar-refractivity contribution in [1.29, 1.82) is 0 Å². The van der Waals surface area contributed by atoms with E-state index in [1.165, 1.54) is 4.68 Å².